The molecule has 288 valence electrons. The number of carbonyl (C=O) groups excluding carboxylic acids is 1. The van der Waals surface area contributed by atoms with Crippen molar-refractivity contribution in [2.75, 3.05) is 18.2 Å². The van der Waals surface area contributed by atoms with Gasteiger partial charge in [0, 0.05) is 16.8 Å². The third-order valence-electron chi connectivity index (χ3n) is 8.57. The molecule has 0 spiro atoms. The van der Waals surface area contributed by atoms with E-state index in [-0.39, 0.29) is 30.8 Å². The number of nitrogens with one attached hydrogen (secondary N) is 4. The minimum absolute atomic E-state index is 0.0849. The second kappa shape index (κ2) is 14.9. The van der Waals surface area contributed by atoms with Crippen molar-refractivity contribution in [1.29, 1.82) is 0 Å². The zero-order valence-corrected chi connectivity index (χ0v) is 30.5. The van der Waals surface area contributed by atoms with Crippen molar-refractivity contribution in [2.45, 2.75) is 68.4 Å². The SMILES string of the molecule is C[C@]1(O)C(n2ccc3c2NC(N)N=C3NNS(C)(=O)=O)OC(COP(NC2(C(=O)OCc3ccccc3C(F)(F)F)CC2)Oc2ccc(Cl)cc2)[C@H]1O. The summed E-state index contributed by atoms with van der Waals surface area (Å²) < 4.78 is 88.9. The number of anilines is 1. The van der Waals surface area contributed by atoms with Gasteiger partial charge in [0.25, 0.3) is 0 Å². The zero-order valence-electron chi connectivity index (χ0n) is 28.0. The summed E-state index contributed by atoms with van der Waals surface area (Å²) in [4.78, 5) is 19.6. The third kappa shape index (κ3) is 8.88. The second-order valence-electron chi connectivity index (χ2n) is 12.8. The van der Waals surface area contributed by atoms with E-state index in [0.717, 1.165) is 12.3 Å². The van der Waals surface area contributed by atoms with Crippen LogP contribution in [-0.4, -0.2) is 77.5 Å². The van der Waals surface area contributed by atoms with Crippen molar-refractivity contribution in [1.82, 2.24) is 19.9 Å². The Kier molecular flexibility index (Phi) is 11.0. The molecule has 3 heterocycles. The maximum absolute atomic E-state index is 13.5. The normalized spacial score (nSPS) is 25.5. The average molecular weight is 806 g/mol. The lowest BCUT2D eigenvalue weighted by atomic mass is 9.96. The molecule has 3 aliphatic rings. The summed E-state index contributed by atoms with van der Waals surface area (Å²) >= 11 is 6.02. The number of hydrazine groups is 1. The topological polar surface area (TPSA) is 220 Å². The summed E-state index contributed by atoms with van der Waals surface area (Å²) in [6.45, 7) is 0.369. The van der Waals surface area contributed by atoms with E-state index in [1.807, 2.05) is 0 Å². The Labute approximate surface area is 307 Å². The van der Waals surface area contributed by atoms with Crippen LogP contribution >= 0.6 is 20.1 Å². The number of benzene rings is 2. The molecule has 6 atom stereocenters. The van der Waals surface area contributed by atoms with E-state index in [0.29, 0.717) is 22.2 Å². The molecule has 2 fully saturated rings. The van der Waals surface area contributed by atoms with Crippen LogP contribution in [0.25, 0.3) is 0 Å². The number of ether oxygens (including phenoxy) is 2. The van der Waals surface area contributed by atoms with Crippen molar-refractivity contribution in [3.05, 3.63) is 82.5 Å². The summed E-state index contributed by atoms with van der Waals surface area (Å²) in [5.41, 5.74) is 4.54. The number of sulfonamides is 1. The van der Waals surface area contributed by atoms with E-state index < -0.39 is 78.7 Å². The molecule has 1 aliphatic carbocycles. The highest BCUT2D eigenvalue weighted by Crippen LogP contribution is 2.49. The molecular formula is C31H36ClF3N7O9PS. The molecule has 16 nitrogen and oxygen atoms in total. The number of amidine groups is 1. The number of nitrogens with zero attached hydrogens (tertiary/aromatic N) is 2. The van der Waals surface area contributed by atoms with E-state index in [1.54, 1.807) is 30.3 Å². The van der Waals surface area contributed by atoms with E-state index in [2.05, 4.69) is 25.7 Å². The third-order valence-corrected chi connectivity index (χ3v) is 10.7. The van der Waals surface area contributed by atoms with E-state index in [9.17, 15) is 36.6 Å². The standard InChI is InChI=1S/C31H36ClF3N7O9PS/c1-29(45)23(43)22(50-26(29)42-14-11-20-24(39-41-53(2,46)47)37-28(36)38-25(20)42)16-49-52(51-19-9-7-18(32)8-10-19)40-30(12-13-30)27(44)48-15-17-5-3-4-6-21(17)31(33,34)35/h3-11,14,22-23,26,28,38,40-41,43,45H,12-13,15-16,36H2,1-2H3,(H,37,39)/t22?,23-,26?,28?,29-,52?/m1/s1. The Balaban J connectivity index is 1.16. The van der Waals surface area contributed by atoms with Gasteiger partial charge < -0.3 is 38.6 Å². The number of nitrogens with two attached hydrogens (primary N) is 1. The van der Waals surface area contributed by atoms with Crippen LogP contribution in [0.4, 0.5) is 19.0 Å². The van der Waals surface area contributed by atoms with Gasteiger partial charge in [-0.05, 0) is 56.2 Å². The fourth-order valence-electron chi connectivity index (χ4n) is 5.66. The van der Waals surface area contributed by atoms with Gasteiger partial charge >= 0.3 is 20.7 Å². The Hall–Kier alpha value is -3.56. The molecule has 4 unspecified atom stereocenters. The molecule has 8 N–H and O–H groups in total. The number of fused-ring (bicyclic) bond motifs is 1. The fraction of sp³-hybridized carbons (Fsp3) is 0.419. The quantitative estimate of drug-likeness (QED) is 0.0752. The number of carbonyl (C=O) groups is 1. The first-order chi connectivity index (χ1) is 24.9. The van der Waals surface area contributed by atoms with Gasteiger partial charge in [-0.2, -0.15) is 13.2 Å². The van der Waals surface area contributed by atoms with Crippen LogP contribution in [0.5, 0.6) is 5.75 Å². The van der Waals surface area contributed by atoms with Crippen LogP contribution in [-0.2, 0) is 41.6 Å². The number of aliphatic hydroxyl groups is 2. The molecule has 1 aromatic heterocycles. The van der Waals surface area contributed by atoms with Crippen molar-refractivity contribution in [3.63, 3.8) is 0 Å². The van der Waals surface area contributed by atoms with Gasteiger partial charge in [0.1, 0.15) is 41.5 Å². The number of halogens is 4. The maximum Gasteiger partial charge on any atom is 0.416 e. The molecule has 0 amide bonds. The minimum Gasteiger partial charge on any atom is -0.459 e. The Morgan fingerprint density at radius 1 is 1.21 bits per heavy atom. The minimum atomic E-state index is -4.64. The fourth-order valence-corrected chi connectivity index (χ4v) is 7.50. The van der Waals surface area contributed by atoms with Crippen LogP contribution < -0.4 is 30.9 Å². The van der Waals surface area contributed by atoms with Gasteiger partial charge in [-0.25, -0.2) is 18.5 Å². The van der Waals surface area contributed by atoms with Crippen molar-refractivity contribution < 1.29 is 55.1 Å². The van der Waals surface area contributed by atoms with Gasteiger partial charge in [-0.15, -0.1) is 4.83 Å². The number of aliphatic imine (C=N–C) groups is 1. The number of rotatable bonds is 13. The number of aliphatic hydroxyl groups excluding tert-OH is 1. The first kappa shape index (κ1) is 39.1. The molecule has 2 aliphatic heterocycles. The molecular weight excluding hydrogens is 770 g/mol. The van der Waals surface area contributed by atoms with Crippen LogP contribution in [0, 0.1) is 0 Å². The van der Waals surface area contributed by atoms with Gasteiger partial charge in [-0.1, -0.05) is 29.8 Å². The van der Waals surface area contributed by atoms with Gasteiger partial charge in [0.15, 0.2) is 18.4 Å². The van der Waals surface area contributed by atoms with Gasteiger partial charge in [-0.3, -0.25) is 16.0 Å². The summed E-state index contributed by atoms with van der Waals surface area (Å²) in [6.07, 6.45) is -6.56. The largest absolute Gasteiger partial charge is 0.459 e. The Bertz CT molecular complexity index is 1970. The highest BCUT2D eigenvalue weighted by atomic mass is 35.5. The summed E-state index contributed by atoms with van der Waals surface area (Å²) in [5.74, 6) is -0.127. The second-order valence-corrected chi connectivity index (χ2v) is 16.1. The van der Waals surface area contributed by atoms with E-state index in [4.69, 9.17) is 35.9 Å². The molecule has 2 aromatic carbocycles. The molecule has 0 bridgehead atoms. The number of alkyl halides is 3. The Morgan fingerprint density at radius 2 is 1.91 bits per heavy atom. The van der Waals surface area contributed by atoms with E-state index >= 15 is 0 Å². The van der Waals surface area contributed by atoms with Crippen molar-refractivity contribution in [2.24, 2.45) is 10.7 Å². The first-order valence-corrected chi connectivity index (χ1v) is 19.4. The van der Waals surface area contributed by atoms with Crippen LogP contribution in [0.2, 0.25) is 5.02 Å². The van der Waals surface area contributed by atoms with E-state index in [1.165, 1.54) is 35.9 Å². The number of aromatic nitrogens is 1. The van der Waals surface area contributed by atoms with Crippen molar-refractivity contribution in [3.8, 4) is 5.75 Å². The number of hydrogen-bond donors (Lipinski definition) is 7. The number of esters is 1. The molecule has 0 radical (unpaired) electrons. The molecule has 1 saturated heterocycles. The average Bonchev–Trinajstić information content (AvgIpc) is 3.70. The highest BCUT2D eigenvalue weighted by molar-refractivity contribution is 7.88. The molecule has 3 aromatic rings. The predicted octanol–water partition coefficient (Wildman–Crippen LogP) is 2.83. The van der Waals surface area contributed by atoms with Crippen molar-refractivity contribution >= 4 is 47.8 Å². The van der Waals surface area contributed by atoms with Gasteiger partial charge in [0.05, 0.1) is 24.0 Å². The smallest absolute Gasteiger partial charge is 0.416 e. The number of hydrogen-bond acceptors (Lipinski definition) is 14. The summed E-state index contributed by atoms with van der Waals surface area (Å²) in [6, 6.07) is 12.6. The lowest BCUT2D eigenvalue weighted by Gasteiger charge is -2.30. The monoisotopic (exact) mass is 805 g/mol. The lowest BCUT2D eigenvalue weighted by molar-refractivity contribution is -0.150. The molecule has 6 rings (SSSR count). The molecule has 22 heteroatoms. The maximum atomic E-state index is 13.5. The summed E-state index contributed by atoms with van der Waals surface area (Å²) in [5, 5.41) is 29.1. The Morgan fingerprint density at radius 3 is 2.57 bits per heavy atom. The van der Waals surface area contributed by atoms with Crippen LogP contribution in [0.15, 0.2) is 65.8 Å². The molecule has 53 heavy (non-hydrogen) atoms. The summed E-state index contributed by atoms with van der Waals surface area (Å²) in [7, 11) is -5.87. The zero-order chi connectivity index (χ0) is 38.3. The van der Waals surface area contributed by atoms with Crippen LogP contribution in [0.1, 0.15) is 42.7 Å². The predicted molar refractivity (Wildman–Crippen MR) is 186 cm³/mol. The first-order valence-electron chi connectivity index (χ1n) is 15.9. The van der Waals surface area contributed by atoms with Gasteiger partial charge in [0.2, 0.25) is 10.0 Å². The lowest BCUT2D eigenvalue weighted by Crippen LogP contribution is -2.47. The van der Waals surface area contributed by atoms with Crippen LogP contribution in [0.3, 0.4) is 0 Å². The highest BCUT2D eigenvalue weighted by Gasteiger charge is 2.56. The molecule has 1 saturated carbocycles.